The molecule has 1 fully saturated rings. The van der Waals surface area contributed by atoms with Crippen LogP contribution >= 0.6 is 0 Å². The van der Waals surface area contributed by atoms with Crippen molar-refractivity contribution < 1.29 is 4.79 Å². The molecule has 0 aromatic carbocycles. The topological polar surface area (TPSA) is 41.1 Å². The van der Waals surface area contributed by atoms with E-state index >= 15 is 0 Å². The van der Waals surface area contributed by atoms with E-state index in [4.69, 9.17) is 0 Å². The standard InChI is InChI=1S/C10H16N2O/c13-10(9-1-2-9)12-7-8-3-5-11-6-4-8/h3,9,11H,1-2,4-7H2,(H,12,13). The van der Waals surface area contributed by atoms with Crippen molar-refractivity contribution in [2.24, 2.45) is 5.92 Å². The molecule has 1 amide bonds. The van der Waals surface area contributed by atoms with Crippen LogP contribution in [0, 0.1) is 5.92 Å². The summed E-state index contributed by atoms with van der Waals surface area (Å²) in [6.07, 6.45) is 5.43. The van der Waals surface area contributed by atoms with Crippen molar-refractivity contribution in [1.29, 1.82) is 0 Å². The zero-order valence-corrected chi connectivity index (χ0v) is 7.81. The first-order chi connectivity index (χ1) is 6.36. The molecular weight excluding hydrogens is 164 g/mol. The SMILES string of the molecule is O=C(NCC1=CCNCC1)C1CC1. The van der Waals surface area contributed by atoms with Crippen LogP contribution in [0.1, 0.15) is 19.3 Å². The molecule has 0 radical (unpaired) electrons. The minimum atomic E-state index is 0.249. The third-order valence-corrected chi connectivity index (χ3v) is 2.60. The lowest BCUT2D eigenvalue weighted by molar-refractivity contribution is -0.122. The number of hydrogen-bond donors (Lipinski definition) is 2. The summed E-state index contributed by atoms with van der Waals surface area (Å²) in [5, 5.41) is 6.23. The highest BCUT2D eigenvalue weighted by Crippen LogP contribution is 2.28. The van der Waals surface area contributed by atoms with Crippen molar-refractivity contribution >= 4 is 5.91 Å². The first-order valence-corrected chi connectivity index (χ1v) is 5.02. The van der Waals surface area contributed by atoms with Crippen LogP contribution in [0.3, 0.4) is 0 Å². The van der Waals surface area contributed by atoms with Crippen LogP contribution < -0.4 is 10.6 Å². The highest BCUT2D eigenvalue weighted by Gasteiger charge is 2.29. The van der Waals surface area contributed by atoms with Crippen molar-refractivity contribution in [2.75, 3.05) is 19.6 Å². The van der Waals surface area contributed by atoms with E-state index < -0.39 is 0 Å². The fraction of sp³-hybridized carbons (Fsp3) is 0.700. The first-order valence-electron chi connectivity index (χ1n) is 5.02. The van der Waals surface area contributed by atoms with Crippen LogP contribution in [0.15, 0.2) is 11.6 Å². The molecule has 0 bridgehead atoms. The molecule has 1 heterocycles. The highest BCUT2D eigenvalue weighted by molar-refractivity contribution is 5.81. The maximum atomic E-state index is 11.3. The van der Waals surface area contributed by atoms with E-state index in [2.05, 4.69) is 16.7 Å². The lowest BCUT2D eigenvalue weighted by atomic mass is 10.1. The average molecular weight is 180 g/mol. The van der Waals surface area contributed by atoms with Gasteiger partial charge in [0.05, 0.1) is 0 Å². The lowest BCUT2D eigenvalue weighted by Crippen LogP contribution is -2.30. The molecule has 0 aromatic heterocycles. The van der Waals surface area contributed by atoms with E-state index in [-0.39, 0.29) is 5.91 Å². The smallest absolute Gasteiger partial charge is 0.223 e. The van der Waals surface area contributed by atoms with Crippen LogP contribution in [0.4, 0.5) is 0 Å². The van der Waals surface area contributed by atoms with Crippen molar-refractivity contribution in [1.82, 2.24) is 10.6 Å². The monoisotopic (exact) mass is 180 g/mol. The van der Waals surface area contributed by atoms with Gasteiger partial charge < -0.3 is 10.6 Å². The quantitative estimate of drug-likeness (QED) is 0.618. The predicted molar refractivity (Wildman–Crippen MR) is 51.3 cm³/mol. The number of rotatable bonds is 3. The van der Waals surface area contributed by atoms with Crippen molar-refractivity contribution in [3.63, 3.8) is 0 Å². The fourth-order valence-corrected chi connectivity index (χ4v) is 1.52. The molecule has 72 valence electrons. The molecular formula is C10H16N2O. The van der Waals surface area contributed by atoms with Gasteiger partial charge in [-0.3, -0.25) is 4.79 Å². The molecule has 2 aliphatic rings. The zero-order chi connectivity index (χ0) is 9.10. The summed E-state index contributed by atoms with van der Waals surface area (Å²) >= 11 is 0. The van der Waals surface area contributed by atoms with Gasteiger partial charge in [-0.2, -0.15) is 0 Å². The Morgan fingerprint density at radius 2 is 2.46 bits per heavy atom. The Balaban J connectivity index is 1.71. The maximum Gasteiger partial charge on any atom is 0.223 e. The van der Waals surface area contributed by atoms with Crippen LogP contribution in [-0.2, 0) is 4.79 Å². The minimum absolute atomic E-state index is 0.249. The van der Waals surface area contributed by atoms with Gasteiger partial charge in [-0.1, -0.05) is 11.6 Å². The molecule has 0 saturated heterocycles. The van der Waals surface area contributed by atoms with Crippen LogP contribution in [0.2, 0.25) is 0 Å². The lowest BCUT2D eigenvalue weighted by Gasteiger charge is -2.14. The van der Waals surface area contributed by atoms with Gasteiger partial charge in [-0.25, -0.2) is 0 Å². The summed E-state index contributed by atoms with van der Waals surface area (Å²) in [5.41, 5.74) is 1.37. The Morgan fingerprint density at radius 3 is 3.08 bits per heavy atom. The molecule has 2 N–H and O–H groups in total. The van der Waals surface area contributed by atoms with Gasteiger partial charge in [-0.05, 0) is 25.8 Å². The van der Waals surface area contributed by atoms with Crippen molar-refractivity contribution in [2.45, 2.75) is 19.3 Å². The second kappa shape index (κ2) is 3.92. The Kier molecular flexibility index (Phi) is 2.64. The largest absolute Gasteiger partial charge is 0.352 e. The molecule has 3 nitrogen and oxygen atoms in total. The van der Waals surface area contributed by atoms with E-state index in [0.29, 0.717) is 5.92 Å². The molecule has 0 aromatic rings. The van der Waals surface area contributed by atoms with E-state index in [1.807, 2.05) is 0 Å². The van der Waals surface area contributed by atoms with Gasteiger partial charge in [-0.15, -0.1) is 0 Å². The van der Waals surface area contributed by atoms with E-state index in [1.54, 1.807) is 0 Å². The Labute approximate surface area is 78.6 Å². The van der Waals surface area contributed by atoms with Crippen LogP contribution in [0.25, 0.3) is 0 Å². The number of carbonyl (C=O) groups is 1. The van der Waals surface area contributed by atoms with E-state index in [0.717, 1.165) is 38.9 Å². The summed E-state index contributed by atoms with van der Waals surface area (Å²) in [5.74, 6) is 0.585. The average Bonchev–Trinajstić information content (AvgIpc) is 2.99. The number of carbonyl (C=O) groups excluding carboxylic acids is 1. The Morgan fingerprint density at radius 1 is 1.62 bits per heavy atom. The van der Waals surface area contributed by atoms with Gasteiger partial charge >= 0.3 is 0 Å². The number of hydrogen-bond acceptors (Lipinski definition) is 2. The summed E-state index contributed by atoms with van der Waals surface area (Å²) in [6, 6.07) is 0. The normalized spacial score (nSPS) is 22.3. The van der Waals surface area contributed by atoms with Crippen LogP contribution in [0.5, 0.6) is 0 Å². The zero-order valence-electron chi connectivity index (χ0n) is 7.81. The molecule has 1 aliphatic carbocycles. The Hall–Kier alpha value is -0.830. The summed E-state index contributed by atoms with van der Waals surface area (Å²) in [4.78, 5) is 11.3. The minimum Gasteiger partial charge on any atom is -0.352 e. The summed E-state index contributed by atoms with van der Waals surface area (Å²) < 4.78 is 0. The van der Waals surface area contributed by atoms with E-state index in [1.165, 1.54) is 5.57 Å². The summed E-state index contributed by atoms with van der Waals surface area (Å²) in [6.45, 7) is 2.76. The van der Waals surface area contributed by atoms with Gasteiger partial charge in [0.2, 0.25) is 5.91 Å². The Bertz CT molecular complexity index is 231. The van der Waals surface area contributed by atoms with Gasteiger partial charge in [0.1, 0.15) is 0 Å². The van der Waals surface area contributed by atoms with Crippen LogP contribution in [-0.4, -0.2) is 25.5 Å². The molecule has 13 heavy (non-hydrogen) atoms. The predicted octanol–water partition coefficient (Wildman–Crippen LogP) is 0.432. The second-order valence-corrected chi connectivity index (χ2v) is 3.81. The van der Waals surface area contributed by atoms with Crippen molar-refractivity contribution in [3.8, 4) is 0 Å². The van der Waals surface area contributed by atoms with Gasteiger partial charge in [0.25, 0.3) is 0 Å². The number of amides is 1. The molecule has 0 unspecified atom stereocenters. The molecule has 3 heteroatoms. The van der Waals surface area contributed by atoms with Gasteiger partial charge in [0.15, 0.2) is 0 Å². The second-order valence-electron chi connectivity index (χ2n) is 3.81. The van der Waals surface area contributed by atoms with Crippen molar-refractivity contribution in [3.05, 3.63) is 11.6 Å². The molecule has 0 spiro atoms. The third kappa shape index (κ3) is 2.56. The van der Waals surface area contributed by atoms with Gasteiger partial charge in [0, 0.05) is 19.0 Å². The summed E-state index contributed by atoms with van der Waals surface area (Å²) in [7, 11) is 0. The maximum absolute atomic E-state index is 11.3. The fourth-order valence-electron chi connectivity index (χ4n) is 1.52. The molecule has 1 saturated carbocycles. The first kappa shape index (κ1) is 8.75. The highest BCUT2D eigenvalue weighted by atomic mass is 16.2. The number of nitrogens with one attached hydrogen (secondary N) is 2. The molecule has 0 atom stereocenters. The van der Waals surface area contributed by atoms with E-state index in [9.17, 15) is 4.79 Å². The molecule has 1 aliphatic heterocycles. The molecule has 2 rings (SSSR count). The third-order valence-electron chi connectivity index (χ3n) is 2.60.